The van der Waals surface area contributed by atoms with E-state index < -0.39 is 0 Å². The number of carbonyl (C=O) groups is 1. The number of rotatable bonds is 5. The van der Waals surface area contributed by atoms with Gasteiger partial charge in [0, 0.05) is 11.1 Å². The van der Waals surface area contributed by atoms with Crippen LogP contribution >= 0.6 is 11.8 Å². The van der Waals surface area contributed by atoms with Crippen LogP contribution in [0.25, 0.3) is 0 Å². The van der Waals surface area contributed by atoms with Crippen LogP contribution in [0.15, 0.2) is 53.6 Å². The van der Waals surface area contributed by atoms with Gasteiger partial charge in [-0.1, -0.05) is 31.2 Å². The van der Waals surface area contributed by atoms with Crippen LogP contribution in [-0.2, 0) is 4.79 Å². The molecule has 3 nitrogen and oxygen atoms in total. The molecule has 0 fully saturated rings. The minimum atomic E-state index is -0.112. The second kappa shape index (κ2) is 7.10. The number of pyridine rings is 1. The van der Waals surface area contributed by atoms with E-state index in [9.17, 15) is 4.79 Å². The van der Waals surface area contributed by atoms with Crippen molar-refractivity contribution in [1.29, 1.82) is 0 Å². The van der Waals surface area contributed by atoms with Crippen LogP contribution < -0.4 is 5.32 Å². The van der Waals surface area contributed by atoms with E-state index in [1.165, 1.54) is 0 Å². The Morgan fingerprint density at radius 2 is 2.00 bits per heavy atom. The van der Waals surface area contributed by atoms with E-state index in [4.69, 9.17) is 0 Å². The maximum absolute atomic E-state index is 12.3. The Kier molecular flexibility index (Phi) is 5.18. The van der Waals surface area contributed by atoms with Gasteiger partial charge in [-0.3, -0.25) is 4.79 Å². The second-order valence-electron chi connectivity index (χ2n) is 4.49. The van der Waals surface area contributed by atoms with Gasteiger partial charge in [0.2, 0.25) is 5.91 Å². The summed E-state index contributed by atoms with van der Waals surface area (Å²) in [5.41, 5.74) is 0.973. The maximum Gasteiger partial charge on any atom is 0.239 e. The molecule has 20 heavy (non-hydrogen) atoms. The first-order valence-corrected chi connectivity index (χ1v) is 7.53. The molecule has 2 aromatic rings. The molecule has 1 amide bonds. The third-order valence-electron chi connectivity index (χ3n) is 2.94. The highest BCUT2D eigenvalue weighted by Crippen LogP contribution is 2.26. The maximum atomic E-state index is 12.3. The third kappa shape index (κ3) is 3.84. The van der Waals surface area contributed by atoms with Gasteiger partial charge in [0.15, 0.2) is 0 Å². The molecule has 104 valence electrons. The van der Waals surface area contributed by atoms with Gasteiger partial charge in [0.05, 0.1) is 5.25 Å². The van der Waals surface area contributed by atoms with Gasteiger partial charge >= 0.3 is 0 Å². The Hall–Kier alpha value is -1.81. The molecule has 0 spiro atoms. The lowest BCUT2D eigenvalue weighted by Gasteiger charge is -2.15. The summed E-state index contributed by atoms with van der Waals surface area (Å²) < 4.78 is 0. The number of nitrogens with zero attached hydrogens (tertiary/aromatic N) is 1. The molecule has 1 unspecified atom stereocenters. The van der Waals surface area contributed by atoms with Crippen molar-refractivity contribution >= 4 is 23.5 Å². The van der Waals surface area contributed by atoms with Crippen LogP contribution in [0.1, 0.15) is 18.9 Å². The molecule has 1 N–H and O–H groups in total. The Bertz CT molecular complexity index is 572. The first-order valence-electron chi connectivity index (χ1n) is 6.65. The number of benzene rings is 1. The van der Waals surface area contributed by atoms with Crippen molar-refractivity contribution in [3.05, 3.63) is 54.2 Å². The number of hydrogen-bond donors (Lipinski definition) is 1. The molecule has 1 atom stereocenters. The molecule has 4 heteroatoms. The summed E-state index contributed by atoms with van der Waals surface area (Å²) in [7, 11) is 0. The zero-order chi connectivity index (χ0) is 14.4. The van der Waals surface area contributed by atoms with Gasteiger partial charge < -0.3 is 5.32 Å². The molecular formula is C16H18N2OS. The highest BCUT2D eigenvalue weighted by molar-refractivity contribution is 8.00. The van der Waals surface area contributed by atoms with Crippen LogP contribution in [0, 0.1) is 6.92 Å². The summed E-state index contributed by atoms with van der Waals surface area (Å²) in [5, 5.41) is 2.80. The summed E-state index contributed by atoms with van der Waals surface area (Å²) in [6.45, 7) is 3.96. The van der Waals surface area contributed by atoms with Crippen LogP contribution in [0.3, 0.4) is 0 Å². The molecule has 0 bridgehead atoms. The third-order valence-corrected chi connectivity index (χ3v) is 4.31. The molecule has 0 aliphatic rings. The van der Waals surface area contributed by atoms with Crippen LogP contribution in [-0.4, -0.2) is 16.1 Å². The number of nitrogens with one attached hydrogen (secondary N) is 1. The van der Waals surface area contributed by atoms with Gasteiger partial charge in [0.25, 0.3) is 0 Å². The smallest absolute Gasteiger partial charge is 0.239 e. The predicted molar refractivity (Wildman–Crippen MR) is 84.0 cm³/mol. The van der Waals surface area contributed by atoms with Gasteiger partial charge in [-0.15, -0.1) is 11.8 Å². The van der Waals surface area contributed by atoms with Crippen molar-refractivity contribution in [2.24, 2.45) is 0 Å². The van der Waals surface area contributed by atoms with Crippen molar-refractivity contribution in [2.75, 3.05) is 5.32 Å². The van der Waals surface area contributed by atoms with E-state index in [0.717, 1.165) is 16.9 Å². The van der Waals surface area contributed by atoms with Crippen molar-refractivity contribution < 1.29 is 4.79 Å². The zero-order valence-corrected chi connectivity index (χ0v) is 12.5. The lowest BCUT2D eigenvalue weighted by Crippen LogP contribution is -2.25. The van der Waals surface area contributed by atoms with E-state index in [1.54, 1.807) is 18.0 Å². The molecule has 1 aromatic carbocycles. The SMILES string of the molecule is CCC(Sc1ccccc1)C(=O)Nc1ncccc1C. The number of thioether (sulfide) groups is 1. The largest absolute Gasteiger partial charge is 0.310 e. The van der Waals surface area contributed by atoms with E-state index in [2.05, 4.69) is 10.3 Å². The van der Waals surface area contributed by atoms with Crippen molar-refractivity contribution in [3.63, 3.8) is 0 Å². The normalized spacial score (nSPS) is 11.9. The van der Waals surface area contributed by atoms with E-state index in [0.29, 0.717) is 5.82 Å². The minimum absolute atomic E-state index is 0.00292. The highest BCUT2D eigenvalue weighted by atomic mass is 32.2. The predicted octanol–water partition coefficient (Wildman–Crippen LogP) is 3.90. The van der Waals surface area contributed by atoms with Crippen molar-refractivity contribution in [1.82, 2.24) is 4.98 Å². The Labute approximate surface area is 123 Å². The highest BCUT2D eigenvalue weighted by Gasteiger charge is 2.18. The van der Waals surface area contributed by atoms with E-state index in [1.807, 2.05) is 56.3 Å². The molecule has 0 aliphatic carbocycles. The number of anilines is 1. The monoisotopic (exact) mass is 286 g/mol. The van der Waals surface area contributed by atoms with Crippen molar-refractivity contribution in [2.45, 2.75) is 30.4 Å². The first-order chi connectivity index (χ1) is 9.70. The molecular weight excluding hydrogens is 268 g/mol. The van der Waals surface area contributed by atoms with E-state index in [-0.39, 0.29) is 11.2 Å². The molecule has 1 heterocycles. The Morgan fingerprint density at radius 1 is 1.25 bits per heavy atom. The quantitative estimate of drug-likeness (QED) is 0.848. The molecule has 0 saturated carbocycles. The molecule has 2 rings (SSSR count). The van der Waals surface area contributed by atoms with E-state index >= 15 is 0 Å². The lowest BCUT2D eigenvalue weighted by molar-refractivity contribution is -0.115. The van der Waals surface area contributed by atoms with Crippen LogP contribution in [0.2, 0.25) is 0 Å². The average molecular weight is 286 g/mol. The standard InChI is InChI=1S/C16H18N2OS/c1-3-14(20-13-9-5-4-6-10-13)16(19)18-15-12(2)8-7-11-17-15/h4-11,14H,3H2,1-2H3,(H,17,18,19). The summed E-state index contributed by atoms with van der Waals surface area (Å²) in [5.74, 6) is 0.646. The number of amides is 1. The summed E-state index contributed by atoms with van der Waals surface area (Å²) in [4.78, 5) is 17.6. The molecule has 0 aliphatic heterocycles. The molecule has 1 aromatic heterocycles. The summed E-state index contributed by atoms with van der Waals surface area (Å²) >= 11 is 1.58. The average Bonchev–Trinajstić information content (AvgIpc) is 2.48. The summed E-state index contributed by atoms with van der Waals surface area (Å²) in [6, 6.07) is 13.8. The van der Waals surface area contributed by atoms with Gasteiger partial charge in [-0.05, 0) is 37.1 Å². The first kappa shape index (κ1) is 14.6. The topological polar surface area (TPSA) is 42.0 Å². The lowest BCUT2D eigenvalue weighted by atomic mass is 10.2. The number of carbonyl (C=O) groups excluding carboxylic acids is 1. The van der Waals surface area contributed by atoms with Gasteiger partial charge in [-0.25, -0.2) is 4.98 Å². The Balaban J connectivity index is 2.04. The number of aromatic nitrogens is 1. The van der Waals surface area contributed by atoms with Crippen LogP contribution in [0.5, 0.6) is 0 Å². The van der Waals surface area contributed by atoms with Gasteiger partial charge in [0.1, 0.15) is 5.82 Å². The van der Waals surface area contributed by atoms with Crippen molar-refractivity contribution in [3.8, 4) is 0 Å². The number of hydrogen-bond acceptors (Lipinski definition) is 3. The van der Waals surface area contributed by atoms with Crippen LogP contribution in [0.4, 0.5) is 5.82 Å². The fraction of sp³-hybridized carbons (Fsp3) is 0.250. The molecule has 0 radical (unpaired) electrons. The fourth-order valence-corrected chi connectivity index (χ4v) is 2.77. The minimum Gasteiger partial charge on any atom is -0.310 e. The number of aryl methyl sites for hydroxylation is 1. The Morgan fingerprint density at radius 3 is 2.65 bits per heavy atom. The second-order valence-corrected chi connectivity index (χ2v) is 5.76. The van der Waals surface area contributed by atoms with Gasteiger partial charge in [-0.2, -0.15) is 0 Å². The molecule has 0 saturated heterocycles. The zero-order valence-electron chi connectivity index (χ0n) is 11.7. The summed E-state index contributed by atoms with van der Waals surface area (Å²) in [6.07, 6.45) is 2.46. The fourth-order valence-electron chi connectivity index (χ4n) is 1.80.